The van der Waals surface area contributed by atoms with Crippen LogP contribution in [-0.2, 0) is 11.3 Å². The first-order valence-electron chi connectivity index (χ1n) is 8.84. The van der Waals surface area contributed by atoms with Gasteiger partial charge in [-0.1, -0.05) is 0 Å². The SMILES string of the molecule is Cc1cc(=O)[nH]c(CNC(=O)C[C@@H]2CC[C@H](CN)N2CC2CC2)n1. The Balaban J connectivity index is 1.52. The third kappa shape index (κ3) is 4.42. The largest absolute Gasteiger partial charge is 0.349 e. The fraction of sp³-hybridized carbons (Fsp3) is 0.706. The minimum Gasteiger partial charge on any atom is -0.349 e. The predicted octanol–water partition coefficient (Wildman–Crippen LogP) is 0.286. The van der Waals surface area contributed by atoms with Crippen LogP contribution in [0.2, 0.25) is 0 Å². The van der Waals surface area contributed by atoms with Crippen LogP contribution in [0, 0.1) is 12.8 Å². The maximum Gasteiger partial charge on any atom is 0.251 e. The molecule has 1 saturated carbocycles. The molecule has 0 spiro atoms. The average molecular weight is 333 g/mol. The lowest BCUT2D eigenvalue weighted by Gasteiger charge is -2.29. The lowest BCUT2D eigenvalue weighted by atomic mass is 10.1. The summed E-state index contributed by atoms with van der Waals surface area (Å²) in [5, 5.41) is 2.87. The Morgan fingerprint density at radius 3 is 2.79 bits per heavy atom. The normalized spacial score (nSPS) is 24.2. The highest BCUT2D eigenvalue weighted by Crippen LogP contribution is 2.35. The number of amides is 1. The van der Waals surface area contributed by atoms with Crippen LogP contribution in [0.5, 0.6) is 0 Å². The topological polar surface area (TPSA) is 104 Å². The lowest BCUT2D eigenvalue weighted by Crippen LogP contribution is -2.43. The number of nitrogens with two attached hydrogens (primary N) is 1. The first-order valence-corrected chi connectivity index (χ1v) is 8.84. The number of nitrogens with one attached hydrogen (secondary N) is 2. The summed E-state index contributed by atoms with van der Waals surface area (Å²) in [7, 11) is 0. The van der Waals surface area contributed by atoms with E-state index in [1.165, 1.54) is 18.9 Å². The van der Waals surface area contributed by atoms with E-state index in [0.29, 0.717) is 30.5 Å². The second-order valence-electron chi connectivity index (χ2n) is 7.08. The highest BCUT2D eigenvalue weighted by atomic mass is 16.1. The summed E-state index contributed by atoms with van der Waals surface area (Å²) in [4.78, 5) is 33.0. The molecule has 1 aliphatic heterocycles. The number of aryl methyl sites for hydroxylation is 1. The monoisotopic (exact) mass is 333 g/mol. The molecule has 2 aliphatic rings. The molecule has 24 heavy (non-hydrogen) atoms. The summed E-state index contributed by atoms with van der Waals surface area (Å²) in [6.07, 6.45) is 5.20. The van der Waals surface area contributed by atoms with Crippen molar-refractivity contribution < 1.29 is 4.79 Å². The van der Waals surface area contributed by atoms with E-state index in [-0.39, 0.29) is 24.1 Å². The van der Waals surface area contributed by atoms with Crippen LogP contribution in [0.1, 0.15) is 43.6 Å². The van der Waals surface area contributed by atoms with Crippen molar-refractivity contribution in [3.05, 3.63) is 27.9 Å². The molecular formula is C17H27N5O2. The summed E-state index contributed by atoms with van der Waals surface area (Å²) in [5.74, 6) is 1.29. The average Bonchev–Trinajstić information content (AvgIpc) is 3.27. The van der Waals surface area contributed by atoms with Gasteiger partial charge in [0.1, 0.15) is 5.82 Å². The minimum atomic E-state index is -0.191. The summed E-state index contributed by atoms with van der Waals surface area (Å²) >= 11 is 0. The van der Waals surface area contributed by atoms with Gasteiger partial charge in [0, 0.05) is 43.4 Å². The number of aromatic nitrogens is 2. The van der Waals surface area contributed by atoms with E-state index >= 15 is 0 Å². The van der Waals surface area contributed by atoms with E-state index in [1.54, 1.807) is 6.92 Å². The standard InChI is InChI=1S/C17H27N5O2/c1-11-6-17(24)21-15(20-11)9-19-16(23)7-13-4-5-14(8-18)22(13)10-12-2-3-12/h6,12-14H,2-5,7-10,18H2,1H3,(H,19,23)(H,20,21,24)/t13-,14+/m0/s1. The van der Waals surface area contributed by atoms with Crippen molar-refractivity contribution in [1.82, 2.24) is 20.2 Å². The molecule has 0 unspecified atom stereocenters. The van der Waals surface area contributed by atoms with Crippen molar-refractivity contribution in [3.63, 3.8) is 0 Å². The molecule has 0 bridgehead atoms. The van der Waals surface area contributed by atoms with Crippen LogP contribution in [-0.4, -0.2) is 45.9 Å². The van der Waals surface area contributed by atoms with Crippen LogP contribution < -0.4 is 16.6 Å². The zero-order valence-electron chi connectivity index (χ0n) is 14.3. The fourth-order valence-electron chi connectivity index (χ4n) is 3.58. The Bertz CT molecular complexity index is 640. The molecule has 7 heteroatoms. The van der Waals surface area contributed by atoms with E-state index in [0.717, 1.165) is 25.3 Å². The molecule has 1 saturated heterocycles. The molecule has 3 rings (SSSR count). The zero-order chi connectivity index (χ0) is 17.1. The van der Waals surface area contributed by atoms with Crippen molar-refractivity contribution in [2.24, 2.45) is 11.7 Å². The van der Waals surface area contributed by atoms with Gasteiger partial charge in [0.15, 0.2) is 0 Å². The molecule has 2 atom stereocenters. The summed E-state index contributed by atoms with van der Waals surface area (Å²) in [6, 6.07) is 2.13. The minimum absolute atomic E-state index is 0.00243. The van der Waals surface area contributed by atoms with Gasteiger partial charge in [-0.25, -0.2) is 4.98 Å². The zero-order valence-corrected chi connectivity index (χ0v) is 14.3. The summed E-state index contributed by atoms with van der Waals surface area (Å²) < 4.78 is 0. The van der Waals surface area contributed by atoms with Crippen LogP contribution >= 0.6 is 0 Å². The van der Waals surface area contributed by atoms with Gasteiger partial charge in [-0.05, 0) is 38.5 Å². The van der Waals surface area contributed by atoms with Gasteiger partial charge in [0.25, 0.3) is 5.56 Å². The molecule has 1 aromatic rings. The van der Waals surface area contributed by atoms with Gasteiger partial charge in [0.2, 0.25) is 5.91 Å². The lowest BCUT2D eigenvalue weighted by molar-refractivity contribution is -0.122. The molecule has 1 amide bonds. The number of rotatable bonds is 7. The molecule has 0 aromatic carbocycles. The molecule has 0 radical (unpaired) electrons. The van der Waals surface area contributed by atoms with Crippen molar-refractivity contribution in [3.8, 4) is 0 Å². The van der Waals surface area contributed by atoms with Gasteiger partial charge in [-0.2, -0.15) is 0 Å². The van der Waals surface area contributed by atoms with Gasteiger partial charge < -0.3 is 16.0 Å². The third-order valence-electron chi connectivity index (χ3n) is 5.00. The Morgan fingerprint density at radius 2 is 2.12 bits per heavy atom. The number of hydrogen-bond acceptors (Lipinski definition) is 5. The first-order chi connectivity index (χ1) is 11.5. The molecule has 1 aliphatic carbocycles. The van der Waals surface area contributed by atoms with E-state index < -0.39 is 0 Å². The van der Waals surface area contributed by atoms with Crippen LogP contribution in [0.15, 0.2) is 10.9 Å². The van der Waals surface area contributed by atoms with Gasteiger partial charge in [-0.3, -0.25) is 14.5 Å². The van der Waals surface area contributed by atoms with E-state index in [1.807, 2.05) is 0 Å². The number of likely N-dealkylation sites (tertiary alicyclic amines) is 1. The number of carbonyl (C=O) groups excluding carboxylic acids is 1. The predicted molar refractivity (Wildman–Crippen MR) is 91.4 cm³/mol. The first kappa shape index (κ1) is 17.1. The summed E-state index contributed by atoms with van der Waals surface area (Å²) in [5.41, 5.74) is 6.35. The van der Waals surface area contributed by atoms with Crippen molar-refractivity contribution in [1.29, 1.82) is 0 Å². The van der Waals surface area contributed by atoms with E-state index in [9.17, 15) is 9.59 Å². The smallest absolute Gasteiger partial charge is 0.251 e. The second kappa shape index (κ2) is 7.44. The Kier molecular flexibility index (Phi) is 5.30. The van der Waals surface area contributed by atoms with Crippen molar-refractivity contribution in [2.75, 3.05) is 13.1 Å². The number of H-pyrrole nitrogens is 1. The number of carbonyl (C=O) groups is 1. The third-order valence-corrected chi connectivity index (χ3v) is 5.00. The maximum atomic E-state index is 12.3. The highest BCUT2D eigenvalue weighted by Gasteiger charge is 2.37. The Morgan fingerprint density at radius 1 is 1.38 bits per heavy atom. The number of hydrogen-bond donors (Lipinski definition) is 3. The molecule has 132 valence electrons. The van der Waals surface area contributed by atoms with E-state index in [4.69, 9.17) is 5.73 Å². The Labute approximate surface area is 142 Å². The molecule has 2 heterocycles. The highest BCUT2D eigenvalue weighted by molar-refractivity contribution is 5.76. The van der Waals surface area contributed by atoms with Gasteiger partial charge in [-0.15, -0.1) is 0 Å². The van der Waals surface area contributed by atoms with Gasteiger partial charge >= 0.3 is 0 Å². The molecule has 1 aromatic heterocycles. The second-order valence-corrected chi connectivity index (χ2v) is 7.08. The van der Waals surface area contributed by atoms with E-state index in [2.05, 4.69) is 20.2 Å². The van der Waals surface area contributed by atoms with Crippen molar-refractivity contribution >= 4 is 5.91 Å². The van der Waals surface area contributed by atoms with Gasteiger partial charge in [0.05, 0.1) is 6.54 Å². The quantitative estimate of drug-likeness (QED) is 0.665. The van der Waals surface area contributed by atoms with Crippen molar-refractivity contribution in [2.45, 2.75) is 57.7 Å². The molecule has 4 N–H and O–H groups in total. The van der Waals surface area contributed by atoms with Crippen LogP contribution in [0.25, 0.3) is 0 Å². The maximum absolute atomic E-state index is 12.3. The summed E-state index contributed by atoms with van der Waals surface area (Å²) in [6.45, 7) is 3.76. The number of aromatic amines is 1. The van der Waals surface area contributed by atoms with Crippen LogP contribution in [0.3, 0.4) is 0 Å². The Hall–Kier alpha value is -1.73. The molecule has 2 fully saturated rings. The molecule has 7 nitrogen and oxygen atoms in total. The molecular weight excluding hydrogens is 306 g/mol. The number of nitrogens with zero attached hydrogens (tertiary/aromatic N) is 2. The van der Waals surface area contributed by atoms with Crippen LogP contribution in [0.4, 0.5) is 0 Å². The fourth-order valence-corrected chi connectivity index (χ4v) is 3.58.